The van der Waals surface area contributed by atoms with Crippen LogP contribution < -0.4 is 5.59 Å². The van der Waals surface area contributed by atoms with Crippen LogP contribution in [-0.2, 0) is 14.4 Å². The van der Waals surface area contributed by atoms with Gasteiger partial charge >= 0.3 is 5.97 Å². The lowest BCUT2D eigenvalue weighted by Gasteiger charge is -2.36. The first-order valence-corrected chi connectivity index (χ1v) is 5.60. The summed E-state index contributed by atoms with van der Waals surface area (Å²) in [4.78, 5) is 16.3. The molecule has 0 saturated carbocycles. The van der Waals surface area contributed by atoms with Gasteiger partial charge in [-0.05, 0) is 27.7 Å². The molecule has 0 aromatic heterocycles. The topological polar surface area (TPSA) is 97.3 Å². The third-order valence-corrected chi connectivity index (χ3v) is 1.92. The Morgan fingerprint density at radius 2 is 2.06 bits per heavy atom. The lowest BCUT2D eigenvalue weighted by atomic mass is 9.97. The molecule has 0 aliphatic rings. The first-order chi connectivity index (χ1) is 8.18. The molecule has 0 bridgehead atoms. The number of aliphatic hydroxyl groups excluding tert-OH is 1. The maximum absolute atomic E-state index is 11.5. The van der Waals surface area contributed by atoms with Gasteiger partial charge in [-0.1, -0.05) is 0 Å². The molecule has 1 unspecified atom stereocenters. The standard InChI is InChI=1S/C10H22N3O5/c1-8(17-9(15)10(2,3)4)18-11-13(16)12(5)6-7-14/h8,11,14H,6-7H2,1-5H3/q-1. The summed E-state index contributed by atoms with van der Waals surface area (Å²) in [5.74, 6) is -0.432. The maximum Gasteiger partial charge on any atom is 0.313 e. The van der Waals surface area contributed by atoms with E-state index in [1.807, 2.05) is 5.59 Å². The second kappa shape index (κ2) is 7.62. The minimum Gasteiger partial charge on any atom is -0.756 e. The van der Waals surface area contributed by atoms with Crippen LogP contribution in [0.2, 0.25) is 0 Å². The molecule has 0 radical (unpaired) electrons. The zero-order valence-corrected chi connectivity index (χ0v) is 11.5. The molecule has 0 heterocycles. The van der Waals surface area contributed by atoms with E-state index in [0.717, 1.165) is 5.01 Å². The van der Waals surface area contributed by atoms with Crippen molar-refractivity contribution in [3.05, 3.63) is 5.21 Å². The molecule has 0 saturated heterocycles. The Hall–Kier alpha value is -0.770. The molecule has 2 N–H and O–H groups in total. The number of nitrogens with one attached hydrogen (secondary N) is 1. The van der Waals surface area contributed by atoms with E-state index < -0.39 is 17.7 Å². The van der Waals surface area contributed by atoms with Crippen molar-refractivity contribution < 1.29 is 19.5 Å². The summed E-state index contributed by atoms with van der Waals surface area (Å²) < 4.78 is 4.95. The number of esters is 1. The number of rotatable bonds is 7. The molecule has 0 rings (SSSR count). The van der Waals surface area contributed by atoms with Crippen LogP contribution in [0.5, 0.6) is 0 Å². The SMILES string of the molecule is CC(ONN([O-])N(C)CCO)OC(=O)C(C)(C)C. The smallest absolute Gasteiger partial charge is 0.313 e. The third kappa shape index (κ3) is 6.84. The lowest BCUT2D eigenvalue weighted by molar-refractivity contribution is -0.241. The van der Waals surface area contributed by atoms with Crippen LogP contribution in [0.4, 0.5) is 0 Å². The number of hydrazine groups is 2. The Morgan fingerprint density at radius 3 is 2.50 bits per heavy atom. The van der Waals surface area contributed by atoms with Gasteiger partial charge < -0.3 is 15.1 Å². The normalized spacial score (nSPS) is 14.1. The highest BCUT2D eigenvalue weighted by Gasteiger charge is 2.25. The van der Waals surface area contributed by atoms with E-state index in [-0.39, 0.29) is 18.4 Å². The highest BCUT2D eigenvalue weighted by molar-refractivity contribution is 5.75. The average molecular weight is 264 g/mol. The van der Waals surface area contributed by atoms with Gasteiger partial charge in [-0.25, -0.2) is 15.1 Å². The summed E-state index contributed by atoms with van der Waals surface area (Å²) in [6.07, 6.45) is -0.907. The lowest BCUT2D eigenvalue weighted by Crippen LogP contribution is -2.47. The Morgan fingerprint density at radius 1 is 1.50 bits per heavy atom. The highest BCUT2D eigenvalue weighted by atomic mass is 16.8. The predicted octanol–water partition coefficient (Wildman–Crippen LogP) is -0.00320. The molecule has 18 heavy (non-hydrogen) atoms. The van der Waals surface area contributed by atoms with Gasteiger partial charge in [-0.15, -0.1) is 5.59 Å². The van der Waals surface area contributed by atoms with Crippen LogP contribution in [0.15, 0.2) is 0 Å². The quantitative estimate of drug-likeness (QED) is 0.376. The largest absolute Gasteiger partial charge is 0.756 e. The summed E-state index contributed by atoms with van der Waals surface area (Å²) in [5.41, 5.74) is 1.40. The van der Waals surface area contributed by atoms with Crippen molar-refractivity contribution in [2.24, 2.45) is 5.41 Å². The third-order valence-electron chi connectivity index (χ3n) is 1.92. The first kappa shape index (κ1) is 17.2. The molecule has 0 aliphatic heterocycles. The fraction of sp³-hybridized carbons (Fsp3) is 0.900. The van der Waals surface area contributed by atoms with Gasteiger partial charge in [0.1, 0.15) is 0 Å². The summed E-state index contributed by atoms with van der Waals surface area (Å²) >= 11 is 0. The number of likely N-dealkylation sites (N-methyl/N-ethyl adjacent to an activating group) is 1. The van der Waals surface area contributed by atoms with Crippen LogP contribution in [-0.4, -0.2) is 47.9 Å². The van der Waals surface area contributed by atoms with Gasteiger partial charge in [0.25, 0.3) is 0 Å². The van der Waals surface area contributed by atoms with Gasteiger partial charge in [0.05, 0.1) is 12.0 Å². The second-order valence-electron chi connectivity index (χ2n) is 4.81. The summed E-state index contributed by atoms with van der Waals surface area (Å²) in [6, 6.07) is 0. The molecular weight excluding hydrogens is 242 g/mol. The van der Waals surface area contributed by atoms with Crippen molar-refractivity contribution in [3.63, 3.8) is 0 Å². The summed E-state index contributed by atoms with van der Waals surface area (Å²) in [7, 11) is 1.46. The van der Waals surface area contributed by atoms with Crippen molar-refractivity contribution in [2.75, 3.05) is 20.2 Å². The zero-order chi connectivity index (χ0) is 14.3. The van der Waals surface area contributed by atoms with Crippen LogP contribution in [0.25, 0.3) is 0 Å². The second-order valence-corrected chi connectivity index (χ2v) is 4.81. The Balaban J connectivity index is 3.97. The van der Waals surface area contributed by atoms with E-state index in [0.29, 0.717) is 0 Å². The van der Waals surface area contributed by atoms with Crippen LogP contribution in [0, 0.1) is 10.6 Å². The van der Waals surface area contributed by atoms with Gasteiger partial charge in [0.2, 0.25) is 6.29 Å². The molecule has 108 valence electrons. The molecule has 8 heteroatoms. The Bertz CT molecular complexity index is 256. The number of aliphatic hydroxyl groups is 1. The number of carbonyl (C=O) groups is 1. The molecule has 0 aliphatic carbocycles. The van der Waals surface area contributed by atoms with Crippen molar-refractivity contribution in [1.29, 1.82) is 0 Å². The summed E-state index contributed by atoms with van der Waals surface area (Å²) in [6.45, 7) is 6.61. The van der Waals surface area contributed by atoms with Crippen LogP contribution >= 0.6 is 0 Å². The molecular formula is C10H22N3O5-. The molecule has 0 fully saturated rings. The maximum atomic E-state index is 11.5. The number of hydrogen-bond acceptors (Lipinski definition) is 8. The van der Waals surface area contributed by atoms with Crippen molar-refractivity contribution in [1.82, 2.24) is 15.9 Å². The van der Waals surface area contributed by atoms with E-state index in [9.17, 15) is 10.0 Å². The highest BCUT2D eigenvalue weighted by Crippen LogP contribution is 2.16. The number of nitrogens with zero attached hydrogens (tertiary/aromatic N) is 2. The Labute approximate surface area is 107 Å². The fourth-order valence-corrected chi connectivity index (χ4v) is 0.776. The van der Waals surface area contributed by atoms with Crippen LogP contribution in [0.1, 0.15) is 27.7 Å². The molecule has 0 spiro atoms. The number of ether oxygens (including phenoxy) is 1. The molecule has 8 nitrogen and oxygen atoms in total. The number of hydrogen-bond donors (Lipinski definition) is 2. The van der Waals surface area contributed by atoms with E-state index in [1.54, 1.807) is 20.8 Å². The zero-order valence-electron chi connectivity index (χ0n) is 11.5. The van der Waals surface area contributed by atoms with Gasteiger partial charge in [-0.2, -0.15) is 0 Å². The predicted molar refractivity (Wildman–Crippen MR) is 64.2 cm³/mol. The molecule has 0 amide bonds. The van der Waals surface area contributed by atoms with Crippen LogP contribution in [0.3, 0.4) is 0 Å². The summed E-state index contributed by atoms with van der Waals surface area (Å²) in [5, 5.41) is 21.3. The molecule has 1 atom stereocenters. The van der Waals surface area contributed by atoms with Gasteiger partial charge in [0, 0.05) is 13.6 Å². The average Bonchev–Trinajstić information content (AvgIpc) is 2.24. The van der Waals surface area contributed by atoms with E-state index in [4.69, 9.17) is 14.7 Å². The van der Waals surface area contributed by atoms with Crippen molar-refractivity contribution in [3.8, 4) is 0 Å². The minimum atomic E-state index is -0.907. The van der Waals surface area contributed by atoms with Gasteiger partial charge in [0.15, 0.2) is 0 Å². The molecule has 0 aromatic rings. The Kier molecular flexibility index (Phi) is 7.29. The van der Waals surface area contributed by atoms with E-state index >= 15 is 0 Å². The van der Waals surface area contributed by atoms with Gasteiger partial charge in [-0.3, -0.25) is 4.79 Å². The monoisotopic (exact) mass is 264 g/mol. The van der Waals surface area contributed by atoms with E-state index in [1.165, 1.54) is 14.0 Å². The van der Waals surface area contributed by atoms with Crippen molar-refractivity contribution >= 4 is 5.97 Å². The van der Waals surface area contributed by atoms with E-state index in [2.05, 4.69) is 0 Å². The first-order valence-electron chi connectivity index (χ1n) is 5.60. The minimum absolute atomic E-state index is 0.149. The number of carbonyl (C=O) groups excluding carboxylic acids is 1. The molecule has 0 aromatic carbocycles. The van der Waals surface area contributed by atoms with Crippen molar-refractivity contribution in [2.45, 2.75) is 34.0 Å². The fourth-order valence-electron chi connectivity index (χ4n) is 0.776.